The van der Waals surface area contributed by atoms with Crippen LogP contribution in [0.5, 0.6) is 0 Å². The molecule has 0 fully saturated rings. The Morgan fingerprint density at radius 3 is 2.56 bits per heavy atom. The first-order valence-electron chi connectivity index (χ1n) is 6.30. The average Bonchev–Trinajstić information content (AvgIpc) is 2.42. The molecule has 0 aliphatic carbocycles. The van der Waals surface area contributed by atoms with E-state index >= 15 is 0 Å². The Labute approximate surface area is 109 Å². The van der Waals surface area contributed by atoms with Crippen molar-refractivity contribution in [2.75, 3.05) is 20.2 Å². The third kappa shape index (κ3) is 4.47. The van der Waals surface area contributed by atoms with Crippen molar-refractivity contribution in [1.82, 2.24) is 10.6 Å². The zero-order valence-corrected chi connectivity index (χ0v) is 11.3. The summed E-state index contributed by atoms with van der Waals surface area (Å²) in [4.78, 5) is 12.1. The third-order valence-electron chi connectivity index (χ3n) is 2.75. The average molecular weight is 250 g/mol. The summed E-state index contributed by atoms with van der Waals surface area (Å²) in [7, 11) is 1.87. The van der Waals surface area contributed by atoms with Crippen LogP contribution in [-0.4, -0.2) is 32.1 Å². The van der Waals surface area contributed by atoms with Gasteiger partial charge in [0, 0.05) is 19.2 Å². The van der Waals surface area contributed by atoms with Gasteiger partial charge in [0.25, 0.3) is 5.91 Å². The molecule has 1 rings (SSSR count). The maximum atomic E-state index is 12.1. The van der Waals surface area contributed by atoms with Crippen molar-refractivity contribution < 1.29 is 9.53 Å². The fourth-order valence-corrected chi connectivity index (χ4v) is 1.57. The molecular formula is C14H22N2O2. The molecule has 1 aromatic rings. The number of rotatable bonds is 7. The van der Waals surface area contributed by atoms with E-state index in [-0.39, 0.29) is 11.9 Å². The number of carbonyl (C=O) groups excluding carboxylic acids is 1. The lowest BCUT2D eigenvalue weighted by Crippen LogP contribution is -2.39. The van der Waals surface area contributed by atoms with Gasteiger partial charge in [0.1, 0.15) is 0 Å². The van der Waals surface area contributed by atoms with Gasteiger partial charge in [-0.05, 0) is 26.5 Å². The summed E-state index contributed by atoms with van der Waals surface area (Å²) in [5.41, 5.74) is 0.883. The van der Waals surface area contributed by atoms with E-state index in [0.29, 0.717) is 13.2 Å². The van der Waals surface area contributed by atoms with Gasteiger partial charge < -0.3 is 15.4 Å². The Balaban J connectivity index is 2.64. The van der Waals surface area contributed by atoms with Gasteiger partial charge in [0.15, 0.2) is 6.10 Å². The molecule has 100 valence electrons. The van der Waals surface area contributed by atoms with E-state index in [9.17, 15) is 4.79 Å². The molecule has 0 spiro atoms. The van der Waals surface area contributed by atoms with Crippen molar-refractivity contribution in [3.63, 3.8) is 0 Å². The van der Waals surface area contributed by atoms with Gasteiger partial charge in [-0.15, -0.1) is 0 Å². The first-order chi connectivity index (χ1) is 8.69. The molecule has 0 aliphatic rings. The minimum Gasteiger partial charge on any atom is -0.364 e. The van der Waals surface area contributed by atoms with Crippen molar-refractivity contribution in [3.05, 3.63) is 35.9 Å². The van der Waals surface area contributed by atoms with E-state index in [1.54, 1.807) is 0 Å². The van der Waals surface area contributed by atoms with Gasteiger partial charge in [0.2, 0.25) is 0 Å². The molecule has 4 nitrogen and oxygen atoms in total. The van der Waals surface area contributed by atoms with Crippen LogP contribution < -0.4 is 10.6 Å². The molecule has 1 amide bonds. The van der Waals surface area contributed by atoms with Crippen molar-refractivity contribution in [2.24, 2.45) is 0 Å². The molecule has 1 aromatic carbocycles. The highest BCUT2D eigenvalue weighted by atomic mass is 16.5. The van der Waals surface area contributed by atoms with E-state index in [2.05, 4.69) is 10.6 Å². The maximum Gasteiger partial charge on any atom is 0.253 e. The molecule has 2 unspecified atom stereocenters. The van der Waals surface area contributed by atoms with Crippen LogP contribution in [0.2, 0.25) is 0 Å². The zero-order chi connectivity index (χ0) is 13.4. The SMILES string of the molecule is CCOC(C(=O)NCC(C)NC)c1ccccc1. The second-order valence-corrected chi connectivity index (χ2v) is 4.18. The standard InChI is InChI=1S/C14H22N2O2/c1-4-18-13(12-8-6-5-7-9-12)14(17)16-10-11(2)15-3/h5-9,11,13,15H,4,10H2,1-3H3,(H,16,17). The molecule has 2 N–H and O–H groups in total. The molecule has 0 bridgehead atoms. The fraction of sp³-hybridized carbons (Fsp3) is 0.500. The smallest absolute Gasteiger partial charge is 0.253 e. The van der Waals surface area contributed by atoms with Crippen LogP contribution in [0.4, 0.5) is 0 Å². The lowest BCUT2D eigenvalue weighted by Gasteiger charge is -2.18. The molecule has 0 radical (unpaired) electrons. The maximum absolute atomic E-state index is 12.1. The Morgan fingerprint density at radius 1 is 1.33 bits per heavy atom. The van der Waals surface area contributed by atoms with E-state index in [0.717, 1.165) is 5.56 Å². The second kappa shape index (κ2) is 7.84. The van der Waals surface area contributed by atoms with E-state index in [1.807, 2.05) is 51.2 Å². The third-order valence-corrected chi connectivity index (χ3v) is 2.75. The van der Waals surface area contributed by atoms with Crippen LogP contribution in [0, 0.1) is 0 Å². The number of benzene rings is 1. The van der Waals surface area contributed by atoms with Gasteiger partial charge in [0.05, 0.1) is 0 Å². The summed E-state index contributed by atoms with van der Waals surface area (Å²) in [6.07, 6.45) is -0.528. The van der Waals surface area contributed by atoms with Crippen LogP contribution in [0.3, 0.4) is 0 Å². The zero-order valence-electron chi connectivity index (χ0n) is 11.3. The summed E-state index contributed by atoms with van der Waals surface area (Å²) >= 11 is 0. The summed E-state index contributed by atoms with van der Waals surface area (Å²) < 4.78 is 5.52. The van der Waals surface area contributed by atoms with Crippen molar-refractivity contribution in [2.45, 2.75) is 26.0 Å². The molecular weight excluding hydrogens is 228 g/mol. The Kier molecular flexibility index (Phi) is 6.39. The largest absolute Gasteiger partial charge is 0.364 e. The predicted molar refractivity (Wildman–Crippen MR) is 72.3 cm³/mol. The van der Waals surface area contributed by atoms with Crippen molar-refractivity contribution in [3.8, 4) is 0 Å². The van der Waals surface area contributed by atoms with Crippen LogP contribution in [0.1, 0.15) is 25.5 Å². The topological polar surface area (TPSA) is 50.4 Å². The normalized spacial score (nSPS) is 13.9. The fourth-order valence-electron chi connectivity index (χ4n) is 1.57. The molecule has 0 aromatic heterocycles. The van der Waals surface area contributed by atoms with Crippen molar-refractivity contribution in [1.29, 1.82) is 0 Å². The van der Waals surface area contributed by atoms with E-state index < -0.39 is 6.10 Å². The molecule has 2 atom stereocenters. The minimum atomic E-state index is -0.528. The summed E-state index contributed by atoms with van der Waals surface area (Å²) in [5, 5.41) is 5.97. The highest BCUT2D eigenvalue weighted by molar-refractivity contribution is 5.82. The number of nitrogens with one attached hydrogen (secondary N) is 2. The number of hydrogen-bond donors (Lipinski definition) is 2. The lowest BCUT2D eigenvalue weighted by molar-refractivity contribution is -0.133. The van der Waals surface area contributed by atoms with Gasteiger partial charge >= 0.3 is 0 Å². The minimum absolute atomic E-state index is 0.0925. The first-order valence-corrected chi connectivity index (χ1v) is 6.30. The molecule has 18 heavy (non-hydrogen) atoms. The van der Waals surface area contributed by atoms with Gasteiger partial charge in [-0.1, -0.05) is 30.3 Å². The highest BCUT2D eigenvalue weighted by Crippen LogP contribution is 2.17. The van der Waals surface area contributed by atoms with E-state index in [1.165, 1.54) is 0 Å². The number of amides is 1. The van der Waals surface area contributed by atoms with Gasteiger partial charge in [-0.2, -0.15) is 0 Å². The van der Waals surface area contributed by atoms with Crippen LogP contribution in [0.15, 0.2) is 30.3 Å². The molecule has 0 saturated heterocycles. The Bertz CT molecular complexity index is 354. The van der Waals surface area contributed by atoms with Gasteiger partial charge in [-0.3, -0.25) is 4.79 Å². The first kappa shape index (κ1) is 14.7. The molecule has 0 heterocycles. The summed E-state index contributed by atoms with van der Waals surface area (Å²) in [6.45, 7) is 5.00. The number of likely N-dealkylation sites (N-methyl/N-ethyl adjacent to an activating group) is 1. The molecule has 0 saturated carbocycles. The summed E-state index contributed by atoms with van der Waals surface area (Å²) in [5.74, 6) is -0.0925. The van der Waals surface area contributed by atoms with Crippen LogP contribution in [0.25, 0.3) is 0 Å². The van der Waals surface area contributed by atoms with Crippen LogP contribution >= 0.6 is 0 Å². The Morgan fingerprint density at radius 2 is 2.00 bits per heavy atom. The number of ether oxygens (including phenoxy) is 1. The van der Waals surface area contributed by atoms with Crippen LogP contribution in [-0.2, 0) is 9.53 Å². The Hall–Kier alpha value is -1.39. The number of carbonyl (C=O) groups is 1. The number of hydrogen-bond acceptors (Lipinski definition) is 3. The highest BCUT2D eigenvalue weighted by Gasteiger charge is 2.20. The molecule has 4 heteroatoms. The predicted octanol–water partition coefficient (Wildman–Crippen LogP) is 1.49. The van der Waals surface area contributed by atoms with E-state index in [4.69, 9.17) is 4.74 Å². The second-order valence-electron chi connectivity index (χ2n) is 4.18. The monoisotopic (exact) mass is 250 g/mol. The quantitative estimate of drug-likeness (QED) is 0.771. The molecule has 0 aliphatic heterocycles. The lowest BCUT2D eigenvalue weighted by atomic mass is 10.1. The summed E-state index contributed by atoms with van der Waals surface area (Å²) in [6, 6.07) is 9.79. The van der Waals surface area contributed by atoms with Crippen molar-refractivity contribution >= 4 is 5.91 Å². The van der Waals surface area contributed by atoms with Gasteiger partial charge in [-0.25, -0.2) is 0 Å².